The molecule has 1 aliphatic rings. The van der Waals surface area contributed by atoms with Gasteiger partial charge in [-0.1, -0.05) is 30.3 Å². The highest BCUT2D eigenvalue weighted by atomic mass is 16.4. The molecular weight excluding hydrogens is 292 g/mol. The van der Waals surface area contributed by atoms with Gasteiger partial charge in [0.25, 0.3) is 0 Å². The van der Waals surface area contributed by atoms with E-state index in [9.17, 15) is 4.79 Å². The van der Waals surface area contributed by atoms with Gasteiger partial charge in [0.15, 0.2) is 0 Å². The number of nitrogens with one attached hydrogen (secondary N) is 4. The Morgan fingerprint density at radius 3 is 1.52 bits per heavy atom. The fourth-order valence-electron chi connectivity index (χ4n) is 2.10. The Balaban J connectivity index is 0.000000231. The summed E-state index contributed by atoms with van der Waals surface area (Å²) in [4.78, 5) is 10.2. The predicted octanol–water partition coefficient (Wildman–Crippen LogP) is 0.0622. The van der Waals surface area contributed by atoms with Crippen LogP contribution in [0.3, 0.4) is 0 Å². The van der Waals surface area contributed by atoms with Crippen LogP contribution in [0, 0.1) is 0 Å². The Hall–Kier alpha value is -1.47. The van der Waals surface area contributed by atoms with Crippen LogP contribution in [0.25, 0.3) is 0 Å². The summed E-state index contributed by atoms with van der Waals surface area (Å²) in [7, 11) is 0. The molecule has 2 rings (SSSR count). The second-order valence-corrected chi connectivity index (χ2v) is 5.38. The van der Waals surface area contributed by atoms with E-state index < -0.39 is 5.97 Å². The number of carboxylic acids is 1. The number of aliphatic carboxylic acids is 1. The summed E-state index contributed by atoms with van der Waals surface area (Å²) >= 11 is 0. The zero-order valence-corrected chi connectivity index (χ0v) is 13.8. The quantitative estimate of drug-likeness (QED) is 0.541. The van der Waals surface area contributed by atoms with Crippen molar-refractivity contribution in [2.24, 2.45) is 0 Å². The van der Waals surface area contributed by atoms with Gasteiger partial charge in [-0.15, -0.1) is 0 Å². The highest BCUT2D eigenvalue weighted by Gasteiger charge is 1.96. The SMILES string of the molecule is C1CNCCNCCNCCN1.O=C(O)CCc1ccccc1. The molecule has 1 aromatic carbocycles. The van der Waals surface area contributed by atoms with Crippen LogP contribution in [0.2, 0.25) is 0 Å². The monoisotopic (exact) mass is 322 g/mol. The van der Waals surface area contributed by atoms with Crippen molar-refractivity contribution in [2.75, 3.05) is 52.4 Å². The number of carbonyl (C=O) groups is 1. The molecule has 1 saturated heterocycles. The second kappa shape index (κ2) is 14.1. The number of aryl methyl sites for hydroxylation is 1. The Labute approximate surface area is 139 Å². The summed E-state index contributed by atoms with van der Waals surface area (Å²) in [5, 5.41) is 21.8. The van der Waals surface area contributed by atoms with Crippen molar-refractivity contribution in [1.29, 1.82) is 0 Å². The first-order valence-corrected chi connectivity index (χ1v) is 8.37. The van der Waals surface area contributed by atoms with Gasteiger partial charge in [-0.25, -0.2) is 0 Å². The van der Waals surface area contributed by atoms with Gasteiger partial charge in [0.2, 0.25) is 0 Å². The highest BCUT2D eigenvalue weighted by molar-refractivity contribution is 5.67. The number of hydrogen-bond acceptors (Lipinski definition) is 5. The smallest absolute Gasteiger partial charge is 0.303 e. The van der Waals surface area contributed by atoms with Crippen molar-refractivity contribution in [1.82, 2.24) is 21.3 Å². The van der Waals surface area contributed by atoms with Gasteiger partial charge >= 0.3 is 5.97 Å². The third-order valence-corrected chi connectivity index (χ3v) is 3.38. The third-order valence-electron chi connectivity index (χ3n) is 3.38. The fourth-order valence-corrected chi connectivity index (χ4v) is 2.10. The summed E-state index contributed by atoms with van der Waals surface area (Å²) in [5.74, 6) is -0.742. The van der Waals surface area contributed by atoms with Gasteiger partial charge in [0.1, 0.15) is 0 Å². The maximum absolute atomic E-state index is 10.2. The molecule has 1 aliphatic heterocycles. The van der Waals surface area contributed by atoms with Gasteiger partial charge in [-0.3, -0.25) is 4.79 Å². The fraction of sp³-hybridized carbons (Fsp3) is 0.588. The Morgan fingerprint density at radius 2 is 1.17 bits per heavy atom. The molecule has 0 spiro atoms. The van der Waals surface area contributed by atoms with Crippen LogP contribution in [-0.4, -0.2) is 63.4 Å². The van der Waals surface area contributed by atoms with Gasteiger partial charge in [0.05, 0.1) is 0 Å². The molecule has 1 fully saturated rings. The normalized spacial score (nSPS) is 17.0. The van der Waals surface area contributed by atoms with Crippen molar-refractivity contribution in [3.63, 3.8) is 0 Å². The first kappa shape index (κ1) is 19.6. The lowest BCUT2D eigenvalue weighted by molar-refractivity contribution is -0.136. The van der Waals surface area contributed by atoms with E-state index in [4.69, 9.17) is 5.11 Å². The molecule has 6 nitrogen and oxygen atoms in total. The number of carboxylic acid groups (broad SMARTS) is 1. The number of rotatable bonds is 3. The maximum atomic E-state index is 10.2. The standard InChI is InChI=1S/C9H10O2.C8H20N4/c10-9(11)7-6-8-4-2-1-3-5-8;1-2-10-5-6-12-8-7-11-4-3-9-1/h1-5H,6-7H2,(H,10,11);9-12H,1-8H2. The van der Waals surface area contributed by atoms with Crippen LogP contribution in [-0.2, 0) is 11.2 Å². The largest absolute Gasteiger partial charge is 0.481 e. The second-order valence-electron chi connectivity index (χ2n) is 5.38. The molecule has 1 heterocycles. The van der Waals surface area contributed by atoms with E-state index in [1.165, 1.54) is 0 Å². The molecule has 23 heavy (non-hydrogen) atoms. The molecule has 0 radical (unpaired) electrons. The summed E-state index contributed by atoms with van der Waals surface area (Å²) < 4.78 is 0. The minimum Gasteiger partial charge on any atom is -0.481 e. The van der Waals surface area contributed by atoms with E-state index >= 15 is 0 Å². The lowest BCUT2D eigenvalue weighted by Gasteiger charge is -2.11. The van der Waals surface area contributed by atoms with Crippen LogP contribution in [0.15, 0.2) is 30.3 Å². The molecular formula is C17H30N4O2. The minimum atomic E-state index is -0.742. The molecule has 0 saturated carbocycles. The van der Waals surface area contributed by atoms with E-state index in [1.54, 1.807) is 0 Å². The third kappa shape index (κ3) is 12.7. The van der Waals surface area contributed by atoms with Crippen LogP contribution < -0.4 is 21.3 Å². The molecule has 0 unspecified atom stereocenters. The van der Waals surface area contributed by atoms with E-state index in [2.05, 4.69) is 21.3 Å². The van der Waals surface area contributed by atoms with Crippen molar-refractivity contribution in [3.8, 4) is 0 Å². The lowest BCUT2D eigenvalue weighted by Crippen LogP contribution is -2.39. The first-order chi connectivity index (χ1) is 11.3. The van der Waals surface area contributed by atoms with E-state index in [1.807, 2.05) is 30.3 Å². The molecule has 0 aromatic heterocycles. The number of benzene rings is 1. The van der Waals surface area contributed by atoms with E-state index in [0.29, 0.717) is 6.42 Å². The average molecular weight is 322 g/mol. The first-order valence-electron chi connectivity index (χ1n) is 8.37. The highest BCUT2D eigenvalue weighted by Crippen LogP contribution is 2.01. The molecule has 5 N–H and O–H groups in total. The van der Waals surface area contributed by atoms with Crippen LogP contribution in [0.5, 0.6) is 0 Å². The van der Waals surface area contributed by atoms with Crippen LogP contribution in [0.1, 0.15) is 12.0 Å². The summed E-state index contributed by atoms with van der Waals surface area (Å²) in [6.45, 7) is 8.57. The molecule has 0 aliphatic carbocycles. The van der Waals surface area contributed by atoms with E-state index in [0.717, 1.165) is 57.9 Å². The lowest BCUT2D eigenvalue weighted by atomic mass is 10.1. The predicted molar refractivity (Wildman–Crippen MR) is 93.9 cm³/mol. The Bertz CT molecular complexity index is 358. The molecule has 6 heteroatoms. The molecule has 0 amide bonds. The average Bonchev–Trinajstić information content (AvgIpc) is 2.55. The Kier molecular flexibility index (Phi) is 12.0. The molecule has 0 bridgehead atoms. The van der Waals surface area contributed by atoms with Gasteiger partial charge < -0.3 is 26.4 Å². The van der Waals surface area contributed by atoms with E-state index in [-0.39, 0.29) is 6.42 Å². The summed E-state index contributed by atoms with van der Waals surface area (Å²) in [6, 6.07) is 9.62. The van der Waals surface area contributed by atoms with Crippen molar-refractivity contribution in [2.45, 2.75) is 12.8 Å². The molecule has 130 valence electrons. The topological polar surface area (TPSA) is 85.4 Å². The number of hydrogen-bond donors (Lipinski definition) is 5. The van der Waals surface area contributed by atoms with Gasteiger partial charge in [-0.2, -0.15) is 0 Å². The minimum absolute atomic E-state index is 0.212. The zero-order valence-electron chi connectivity index (χ0n) is 13.8. The summed E-state index contributed by atoms with van der Waals surface area (Å²) in [6.07, 6.45) is 0.834. The molecule has 1 aromatic rings. The van der Waals surface area contributed by atoms with Crippen molar-refractivity contribution >= 4 is 5.97 Å². The zero-order chi connectivity index (χ0) is 16.6. The van der Waals surface area contributed by atoms with Gasteiger partial charge in [-0.05, 0) is 12.0 Å². The van der Waals surface area contributed by atoms with Crippen LogP contribution in [0.4, 0.5) is 0 Å². The van der Waals surface area contributed by atoms with Gasteiger partial charge in [0, 0.05) is 58.8 Å². The maximum Gasteiger partial charge on any atom is 0.303 e. The van der Waals surface area contributed by atoms with Crippen molar-refractivity contribution < 1.29 is 9.90 Å². The van der Waals surface area contributed by atoms with Crippen LogP contribution >= 0.6 is 0 Å². The Morgan fingerprint density at radius 1 is 0.783 bits per heavy atom. The summed E-state index contributed by atoms with van der Waals surface area (Å²) in [5.41, 5.74) is 1.08. The molecule has 0 atom stereocenters. The van der Waals surface area contributed by atoms with Crippen molar-refractivity contribution in [3.05, 3.63) is 35.9 Å².